The molecule has 0 aliphatic carbocycles. The number of H-pyrrole nitrogens is 1. The minimum Gasteiger partial charge on any atom is -1.00 e. The number of carbonyl (C=O) groups is 1. The second-order valence-corrected chi connectivity index (χ2v) is 2.31. The average molecular weight is 229 g/mol. The molecule has 0 aliphatic heterocycles. The van der Waals surface area contributed by atoms with Crippen molar-refractivity contribution >= 4 is 5.97 Å². The van der Waals surface area contributed by atoms with Gasteiger partial charge in [0.25, 0.3) is 0 Å². The summed E-state index contributed by atoms with van der Waals surface area (Å²) in [6.07, 6.45) is 0. The van der Waals surface area contributed by atoms with Crippen molar-refractivity contribution in [3.63, 3.8) is 0 Å². The molecule has 0 radical (unpaired) electrons. The molecule has 0 amide bonds. The maximum Gasteiger partial charge on any atom is 1.00 e. The molecular formula is C5H8KN3O5. The summed E-state index contributed by atoms with van der Waals surface area (Å²) in [4.78, 5) is 33.2. The first-order valence-corrected chi connectivity index (χ1v) is 3.29. The van der Waals surface area contributed by atoms with Gasteiger partial charge in [0.2, 0.25) is 0 Å². The number of carboxylic acid groups (broad SMARTS) is 1. The predicted octanol–water partition coefficient (Wildman–Crippen LogP) is -5.34. The van der Waals surface area contributed by atoms with E-state index in [1.54, 1.807) is 4.98 Å². The number of nitrogens with two attached hydrogens (primary N) is 1. The molecule has 0 spiro atoms. The van der Waals surface area contributed by atoms with E-state index in [4.69, 9.17) is 10.8 Å². The van der Waals surface area contributed by atoms with Crippen molar-refractivity contribution in [3.8, 4) is 0 Å². The van der Waals surface area contributed by atoms with E-state index in [9.17, 15) is 14.4 Å². The molecule has 1 rings (SSSR count). The Hall–Kier alpha value is -0.194. The van der Waals surface area contributed by atoms with Crippen molar-refractivity contribution in [3.05, 3.63) is 21.0 Å². The van der Waals surface area contributed by atoms with Gasteiger partial charge in [0.15, 0.2) is 0 Å². The van der Waals surface area contributed by atoms with Gasteiger partial charge in [0, 0.05) is 0 Å². The van der Waals surface area contributed by atoms with Gasteiger partial charge in [0.05, 0.1) is 6.54 Å². The maximum absolute atomic E-state index is 10.8. The second-order valence-electron chi connectivity index (χ2n) is 2.31. The van der Waals surface area contributed by atoms with Crippen LogP contribution in [0.25, 0.3) is 0 Å². The van der Waals surface area contributed by atoms with Crippen LogP contribution in [-0.2, 0) is 11.3 Å². The van der Waals surface area contributed by atoms with Gasteiger partial charge in [0.1, 0.15) is 6.04 Å². The molecule has 9 heteroatoms. The molecule has 0 bridgehead atoms. The summed E-state index contributed by atoms with van der Waals surface area (Å²) >= 11 is 0. The molecule has 0 aromatic carbocycles. The SMILES string of the molecule is NC(Cn1oc(=O)[nH]c1=O)C(=O)O.[H-].[K+]. The Morgan fingerprint density at radius 1 is 1.71 bits per heavy atom. The molecular weight excluding hydrogens is 221 g/mol. The van der Waals surface area contributed by atoms with Crippen molar-refractivity contribution in [1.29, 1.82) is 0 Å². The summed E-state index contributed by atoms with van der Waals surface area (Å²) in [7, 11) is 0. The van der Waals surface area contributed by atoms with Crippen LogP contribution in [0.2, 0.25) is 0 Å². The third-order valence-corrected chi connectivity index (χ3v) is 1.31. The standard InChI is InChI=1S/C5H7N3O5.K.H/c6-2(3(9)10)1-8-4(11)7-5(12)13-8;;/h2H,1,6H2,(H,9,10)(H,7,11,12);;/q;+1;-1. The summed E-state index contributed by atoms with van der Waals surface area (Å²) in [5, 5.41) is 8.37. The van der Waals surface area contributed by atoms with Gasteiger partial charge >= 0.3 is 68.8 Å². The Morgan fingerprint density at radius 3 is 2.64 bits per heavy atom. The zero-order chi connectivity index (χ0) is 10.0. The summed E-state index contributed by atoms with van der Waals surface area (Å²) in [5.41, 5.74) is 4.27. The summed E-state index contributed by atoms with van der Waals surface area (Å²) in [6, 6.07) is -1.28. The number of nitrogens with zero attached hydrogens (tertiary/aromatic N) is 1. The van der Waals surface area contributed by atoms with E-state index < -0.39 is 23.5 Å². The minimum absolute atomic E-state index is 0. The normalized spacial score (nSPS) is 11.8. The topological polar surface area (TPSA) is 131 Å². The second kappa shape index (κ2) is 5.63. The monoisotopic (exact) mass is 229 g/mol. The van der Waals surface area contributed by atoms with Gasteiger partial charge in [-0.05, 0) is 0 Å². The van der Waals surface area contributed by atoms with Crippen molar-refractivity contribution in [2.24, 2.45) is 5.73 Å². The Balaban J connectivity index is 0. The number of aromatic nitrogens is 2. The number of hydrogen-bond acceptors (Lipinski definition) is 5. The van der Waals surface area contributed by atoms with Crippen molar-refractivity contribution in [2.45, 2.75) is 12.6 Å². The average Bonchev–Trinajstić information content (AvgIpc) is 2.30. The molecule has 8 nitrogen and oxygen atoms in total. The number of rotatable bonds is 3. The van der Waals surface area contributed by atoms with Crippen LogP contribution in [0.3, 0.4) is 0 Å². The molecule has 1 aromatic rings. The molecule has 1 atom stereocenters. The van der Waals surface area contributed by atoms with Gasteiger partial charge in [-0.3, -0.25) is 4.79 Å². The molecule has 1 unspecified atom stereocenters. The number of hydrogen-bond donors (Lipinski definition) is 3. The first kappa shape index (κ1) is 13.8. The molecule has 0 saturated carbocycles. The molecule has 4 N–H and O–H groups in total. The third kappa shape index (κ3) is 3.51. The van der Waals surface area contributed by atoms with Crippen LogP contribution in [0.1, 0.15) is 1.43 Å². The first-order chi connectivity index (χ1) is 6.00. The molecule has 1 heterocycles. The number of aliphatic carboxylic acids is 1. The number of nitrogens with one attached hydrogen (secondary N) is 1. The molecule has 0 saturated heterocycles. The summed E-state index contributed by atoms with van der Waals surface area (Å²) in [5.74, 6) is -2.22. The molecule has 0 aliphatic rings. The fourth-order valence-corrected chi connectivity index (χ4v) is 0.691. The maximum atomic E-state index is 10.8. The molecule has 0 fully saturated rings. The van der Waals surface area contributed by atoms with Gasteiger partial charge < -0.3 is 16.8 Å². The summed E-state index contributed by atoms with van der Waals surface area (Å²) in [6.45, 7) is -0.382. The fraction of sp³-hybridized carbons (Fsp3) is 0.400. The van der Waals surface area contributed by atoms with Crippen LogP contribution >= 0.6 is 0 Å². The van der Waals surface area contributed by atoms with E-state index in [0.29, 0.717) is 4.74 Å². The minimum atomic E-state index is -1.28. The Morgan fingerprint density at radius 2 is 2.29 bits per heavy atom. The van der Waals surface area contributed by atoms with Crippen LogP contribution < -0.4 is 68.6 Å². The van der Waals surface area contributed by atoms with Crippen LogP contribution in [-0.4, -0.2) is 26.8 Å². The number of carboxylic acids is 1. The summed E-state index contributed by atoms with van der Waals surface area (Å²) < 4.78 is 4.84. The van der Waals surface area contributed by atoms with E-state index >= 15 is 0 Å². The van der Waals surface area contributed by atoms with E-state index in [-0.39, 0.29) is 59.4 Å². The smallest absolute Gasteiger partial charge is 1.00 e. The predicted molar refractivity (Wildman–Crippen MR) is 40.3 cm³/mol. The third-order valence-electron chi connectivity index (χ3n) is 1.31. The van der Waals surface area contributed by atoms with Crippen molar-refractivity contribution in [2.75, 3.05) is 0 Å². The van der Waals surface area contributed by atoms with Gasteiger partial charge in [-0.2, -0.15) is 0 Å². The Kier molecular flexibility index (Phi) is 5.55. The van der Waals surface area contributed by atoms with Crippen molar-refractivity contribution in [1.82, 2.24) is 9.72 Å². The van der Waals surface area contributed by atoms with E-state index in [1.807, 2.05) is 0 Å². The van der Waals surface area contributed by atoms with Gasteiger partial charge in [-0.15, -0.1) is 4.74 Å². The molecule has 14 heavy (non-hydrogen) atoms. The van der Waals surface area contributed by atoms with Crippen LogP contribution in [0.15, 0.2) is 14.1 Å². The van der Waals surface area contributed by atoms with Crippen LogP contribution in [0.5, 0.6) is 0 Å². The molecule has 1 aromatic heterocycles. The molecule has 74 valence electrons. The first-order valence-electron chi connectivity index (χ1n) is 3.29. The van der Waals surface area contributed by atoms with Gasteiger partial charge in [-0.25, -0.2) is 14.6 Å². The van der Waals surface area contributed by atoms with E-state index in [2.05, 4.69) is 4.52 Å². The van der Waals surface area contributed by atoms with Crippen LogP contribution in [0, 0.1) is 0 Å². The van der Waals surface area contributed by atoms with Crippen molar-refractivity contribution < 1.29 is 67.2 Å². The fourth-order valence-electron chi connectivity index (χ4n) is 0.691. The van der Waals surface area contributed by atoms with Gasteiger partial charge in [-0.1, -0.05) is 0 Å². The number of aromatic amines is 1. The largest absolute Gasteiger partial charge is 1.00 e. The Labute approximate surface area is 121 Å². The zero-order valence-electron chi connectivity index (χ0n) is 8.39. The van der Waals surface area contributed by atoms with E-state index in [1.165, 1.54) is 0 Å². The van der Waals surface area contributed by atoms with E-state index in [0.717, 1.165) is 0 Å². The quantitative estimate of drug-likeness (QED) is 0.443. The Bertz CT molecular complexity index is 423. The van der Waals surface area contributed by atoms with Crippen LogP contribution in [0.4, 0.5) is 0 Å². The zero-order valence-corrected chi connectivity index (χ0v) is 10.5.